The van der Waals surface area contributed by atoms with Crippen molar-refractivity contribution in [3.8, 4) is 11.5 Å². The molecule has 0 aromatic heterocycles. The van der Waals surface area contributed by atoms with Crippen LogP contribution in [0.2, 0.25) is 0 Å². The van der Waals surface area contributed by atoms with Gasteiger partial charge in [-0.05, 0) is 30.7 Å². The first kappa shape index (κ1) is 15.6. The van der Waals surface area contributed by atoms with Crippen molar-refractivity contribution in [3.63, 3.8) is 0 Å². The second-order valence-electron chi connectivity index (χ2n) is 4.63. The Morgan fingerprint density at radius 2 is 1.68 bits per heavy atom. The van der Waals surface area contributed by atoms with Crippen molar-refractivity contribution >= 4 is 17.7 Å². The lowest BCUT2D eigenvalue weighted by Crippen LogP contribution is -2.17. The molecule has 0 bridgehead atoms. The number of hydrogen-bond donors (Lipinski definition) is 1. The largest absolute Gasteiger partial charge is 0.426 e. The molecule has 0 aliphatic heterocycles. The van der Waals surface area contributed by atoms with Crippen LogP contribution >= 0.6 is 0 Å². The first-order chi connectivity index (χ1) is 10.6. The molecule has 0 saturated heterocycles. The average molecular weight is 299 g/mol. The van der Waals surface area contributed by atoms with Crippen molar-refractivity contribution in [2.45, 2.75) is 20.3 Å². The number of esters is 1. The highest BCUT2D eigenvalue weighted by molar-refractivity contribution is 5.87. The number of amides is 1. The van der Waals surface area contributed by atoms with Gasteiger partial charge >= 0.3 is 12.1 Å². The molecule has 5 nitrogen and oxygen atoms in total. The van der Waals surface area contributed by atoms with Crippen LogP contribution in [-0.4, -0.2) is 12.1 Å². The Labute approximate surface area is 128 Å². The fraction of sp³-hybridized carbons (Fsp3) is 0.176. The van der Waals surface area contributed by atoms with Gasteiger partial charge in [0.15, 0.2) is 0 Å². The van der Waals surface area contributed by atoms with Crippen molar-refractivity contribution in [2.24, 2.45) is 0 Å². The summed E-state index contributed by atoms with van der Waals surface area (Å²) >= 11 is 0. The fourth-order valence-corrected chi connectivity index (χ4v) is 1.76. The van der Waals surface area contributed by atoms with Crippen molar-refractivity contribution in [3.05, 3.63) is 54.1 Å². The molecule has 22 heavy (non-hydrogen) atoms. The molecule has 0 saturated carbocycles. The summed E-state index contributed by atoms with van der Waals surface area (Å²) in [5, 5.41) is 2.66. The Kier molecular flexibility index (Phi) is 5.14. The number of para-hydroxylation sites is 1. The highest BCUT2D eigenvalue weighted by Crippen LogP contribution is 2.21. The summed E-state index contributed by atoms with van der Waals surface area (Å²) < 4.78 is 10.3. The quantitative estimate of drug-likeness (QED) is 0.686. The summed E-state index contributed by atoms with van der Waals surface area (Å²) in [7, 11) is 0. The molecule has 0 spiro atoms. The van der Waals surface area contributed by atoms with E-state index in [4.69, 9.17) is 9.47 Å². The van der Waals surface area contributed by atoms with Gasteiger partial charge in [0.1, 0.15) is 11.5 Å². The maximum Gasteiger partial charge on any atom is 0.417 e. The molecule has 0 aliphatic carbocycles. The van der Waals surface area contributed by atoms with E-state index in [0.29, 0.717) is 17.2 Å². The predicted molar refractivity (Wildman–Crippen MR) is 83.2 cm³/mol. The summed E-state index contributed by atoms with van der Waals surface area (Å²) in [4.78, 5) is 23.1. The van der Waals surface area contributed by atoms with Gasteiger partial charge in [0.2, 0.25) is 0 Å². The summed E-state index contributed by atoms with van der Waals surface area (Å²) in [6.45, 7) is 3.60. The first-order valence-corrected chi connectivity index (χ1v) is 6.93. The third kappa shape index (κ3) is 4.34. The van der Waals surface area contributed by atoms with Crippen molar-refractivity contribution < 1.29 is 19.1 Å². The number of hydrogen-bond acceptors (Lipinski definition) is 4. The van der Waals surface area contributed by atoms with Crippen molar-refractivity contribution in [2.75, 3.05) is 5.32 Å². The topological polar surface area (TPSA) is 64.6 Å². The summed E-state index contributed by atoms with van der Waals surface area (Å²) in [5.41, 5.74) is 1.62. The number of carbonyl (C=O) groups excluding carboxylic acids is 2. The van der Waals surface area contributed by atoms with Crippen LogP contribution in [0.5, 0.6) is 11.5 Å². The lowest BCUT2D eigenvalue weighted by molar-refractivity contribution is -0.134. The second kappa shape index (κ2) is 7.26. The molecule has 0 heterocycles. The van der Waals surface area contributed by atoms with Crippen molar-refractivity contribution in [1.29, 1.82) is 0 Å². The Hall–Kier alpha value is -2.82. The number of anilines is 1. The summed E-state index contributed by atoms with van der Waals surface area (Å²) in [6.07, 6.45) is -0.327. The monoisotopic (exact) mass is 299 g/mol. The van der Waals surface area contributed by atoms with Gasteiger partial charge in [0.25, 0.3) is 0 Å². The van der Waals surface area contributed by atoms with E-state index in [9.17, 15) is 9.59 Å². The highest BCUT2D eigenvalue weighted by atomic mass is 16.6. The number of ether oxygens (including phenoxy) is 2. The maximum atomic E-state index is 11.9. The standard InChI is InChI=1S/C17H17NO4/c1-3-16(19)21-13-8-6-9-14(11-13)22-17(20)18-15-10-5-4-7-12(15)2/h4-11H,3H2,1-2H3,(H,18,20). The fourth-order valence-electron chi connectivity index (χ4n) is 1.76. The number of nitrogens with one attached hydrogen (secondary N) is 1. The Bertz CT molecular complexity index is 682. The minimum atomic E-state index is -0.603. The zero-order chi connectivity index (χ0) is 15.9. The third-order valence-electron chi connectivity index (χ3n) is 2.92. The van der Waals surface area contributed by atoms with E-state index >= 15 is 0 Å². The Morgan fingerprint density at radius 3 is 2.36 bits per heavy atom. The molecule has 0 radical (unpaired) electrons. The zero-order valence-electron chi connectivity index (χ0n) is 12.5. The van der Waals surface area contributed by atoms with Gasteiger partial charge in [0.05, 0.1) is 0 Å². The van der Waals surface area contributed by atoms with Gasteiger partial charge in [-0.3, -0.25) is 10.1 Å². The molecule has 1 N–H and O–H groups in total. The van der Waals surface area contributed by atoms with Crippen LogP contribution in [0.1, 0.15) is 18.9 Å². The average Bonchev–Trinajstić information content (AvgIpc) is 2.50. The minimum absolute atomic E-state index is 0.277. The Morgan fingerprint density at radius 1 is 1.00 bits per heavy atom. The molecular formula is C17H17NO4. The van der Waals surface area contributed by atoms with Gasteiger partial charge in [-0.2, -0.15) is 0 Å². The smallest absolute Gasteiger partial charge is 0.417 e. The number of benzene rings is 2. The van der Waals surface area contributed by atoms with E-state index in [1.54, 1.807) is 31.2 Å². The van der Waals surface area contributed by atoms with Crippen LogP contribution in [0.25, 0.3) is 0 Å². The summed E-state index contributed by atoms with van der Waals surface area (Å²) in [5.74, 6) is 0.294. The number of carbonyl (C=O) groups is 2. The minimum Gasteiger partial charge on any atom is -0.426 e. The van der Waals surface area contributed by atoms with Gasteiger partial charge in [-0.15, -0.1) is 0 Å². The van der Waals surface area contributed by atoms with Crippen LogP contribution < -0.4 is 14.8 Å². The molecule has 2 rings (SSSR count). The van der Waals surface area contributed by atoms with Gasteiger partial charge in [-0.1, -0.05) is 31.2 Å². The molecule has 1 amide bonds. The second-order valence-corrected chi connectivity index (χ2v) is 4.63. The van der Waals surface area contributed by atoms with Crippen LogP contribution in [-0.2, 0) is 4.79 Å². The SMILES string of the molecule is CCC(=O)Oc1cccc(OC(=O)Nc2ccccc2C)c1. The maximum absolute atomic E-state index is 11.9. The van der Waals surface area contributed by atoms with Gasteiger partial charge in [0, 0.05) is 18.2 Å². The van der Waals surface area contributed by atoms with Crippen molar-refractivity contribution in [1.82, 2.24) is 0 Å². The van der Waals surface area contributed by atoms with Gasteiger partial charge in [-0.25, -0.2) is 4.79 Å². The molecular weight excluding hydrogens is 282 g/mol. The Balaban J connectivity index is 2.01. The molecule has 5 heteroatoms. The van der Waals surface area contributed by atoms with E-state index in [1.807, 2.05) is 25.1 Å². The van der Waals surface area contributed by atoms with E-state index < -0.39 is 6.09 Å². The zero-order valence-corrected chi connectivity index (χ0v) is 12.5. The molecule has 0 unspecified atom stereocenters. The van der Waals surface area contributed by atoms with E-state index in [1.165, 1.54) is 6.07 Å². The molecule has 114 valence electrons. The molecule has 0 atom stereocenters. The predicted octanol–water partition coefficient (Wildman–Crippen LogP) is 3.92. The van der Waals surface area contributed by atoms with Crippen LogP contribution in [0, 0.1) is 6.92 Å². The molecule has 2 aromatic rings. The van der Waals surface area contributed by atoms with Crippen LogP contribution in [0.15, 0.2) is 48.5 Å². The first-order valence-electron chi connectivity index (χ1n) is 6.93. The highest BCUT2D eigenvalue weighted by Gasteiger charge is 2.08. The molecule has 0 aliphatic rings. The lowest BCUT2D eigenvalue weighted by atomic mass is 10.2. The number of aryl methyl sites for hydroxylation is 1. The normalized spacial score (nSPS) is 9.91. The lowest BCUT2D eigenvalue weighted by Gasteiger charge is -2.09. The summed E-state index contributed by atoms with van der Waals surface area (Å²) in [6, 6.07) is 13.8. The molecule has 0 fully saturated rings. The number of rotatable bonds is 4. The van der Waals surface area contributed by atoms with Crippen LogP contribution in [0.3, 0.4) is 0 Å². The van der Waals surface area contributed by atoms with E-state index in [-0.39, 0.29) is 12.4 Å². The van der Waals surface area contributed by atoms with E-state index in [0.717, 1.165) is 5.56 Å². The third-order valence-corrected chi connectivity index (χ3v) is 2.92. The molecule has 2 aromatic carbocycles. The van der Waals surface area contributed by atoms with Gasteiger partial charge < -0.3 is 9.47 Å². The van der Waals surface area contributed by atoms with Crippen LogP contribution in [0.4, 0.5) is 10.5 Å². The van der Waals surface area contributed by atoms with E-state index in [2.05, 4.69) is 5.32 Å².